The van der Waals surface area contributed by atoms with E-state index in [0.29, 0.717) is 19.1 Å². The first-order valence-corrected chi connectivity index (χ1v) is 6.11. The molecule has 0 saturated carbocycles. The molecule has 1 aromatic rings. The summed E-state index contributed by atoms with van der Waals surface area (Å²) in [4.78, 5) is 0. The van der Waals surface area contributed by atoms with Crippen LogP contribution in [0.3, 0.4) is 0 Å². The lowest BCUT2D eigenvalue weighted by Gasteiger charge is -2.33. The van der Waals surface area contributed by atoms with Crippen LogP contribution in [0.15, 0.2) is 24.3 Å². The maximum Gasteiger partial charge on any atom is 0.105 e. The number of methoxy groups -OCH3 is 1. The highest BCUT2D eigenvalue weighted by atomic mass is 16.5. The van der Waals surface area contributed by atoms with Gasteiger partial charge in [0.1, 0.15) is 6.10 Å². The lowest BCUT2D eigenvalue weighted by atomic mass is 9.80. The number of benzene rings is 1. The lowest BCUT2D eigenvalue weighted by Crippen LogP contribution is -2.30. The Morgan fingerprint density at radius 2 is 1.94 bits per heavy atom. The van der Waals surface area contributed by atoms with Gasteiger partial charge in [0.05, 0.1) is 19.3 Å². The van der Waals surface area contributed by atoms with Crippen LogP contribution in [-0.2, 0) is 9.47 Å². The predicted octanol–water partition coefficient (Wildman–Crippen LogP) is 2.26. The van der Waals surface area contributed by atoms with Gasteiger partial charge in [0.25, 0.3) is 0 Å². The number of rotatable bonds is 4. The Bertz CT molecular complexity index is 364. The van der Waals surface area contributed by atoms with E-state index in [-0.39, 0.29) is 6.10 Å². The summed E-state index contributed by atoms with van der Waals surface area (Å²) in [6, 6.07) is 8.07. The molecule has 0 radical (unpaired) electrons. The van der Waals surface area contributed by atoms with E-state index >= 15 is 0 Å². The fourth-order valence-corrected chi connectivity index (χ4v) is 2.48. The number of hydrogen-bond acceptors (Lipinski definition) is 3. The Hall–Kier alpha value is -0.900. The average molecular weight is 236 g/mol. The Labute approximate surface area is 102 Å². The van der Waals surface area contributed by atoms with Crippen LogP contribution in [0.5, 0.6) is 0 Å². The summed E-state index contributed by atoms with van der Waals surface area (Å²) in [5.74, 6) is 0.433. The van der Waals surface area contributed by atoms with E-state index in [4.69, 9.17) is 9.47 Å². The fourth-order valence-electron chi connectivity index (χ4n) is 2.48. The molecule has 0 aliphatic heterocycles. The molecule has 0 heterocycles. The van der Waals surface area contributed by atoms with Crippen LogP contribution in [0, 0.1) is 0 Å². The molecule has 0 amide bonds. The molecule has 0 spiro atoms. The Balaban J connectivity index is 2.09. The SMILES string of the molecule is COCCOC1CC(C)c2ccccc2C1O. The molecule has 0 bridgehead atoms. The van der Waals surface area contributed by atoms with Crippen molar-refractivity contribution in [2.24, 2.45) is 0 Å². The first-order chi connectivity index (χ1) is 8.24. The van der Waals surface area contributed by atoms with Crippen LogP contribution in [0.4, 0.5) is 0 Å². The number of ether oxygens (including phenoxy) is 2. The third kappa shape index (κ3) is 2.68. The van der Waals surface area contributed by atoms with E-state index in [1.165, 1.54) is 5.56 Å². The molecular formula is C14H20O3. The van der Waals surface area contributed by atoms with Crippen molar-refractivity contribution >= 4 is 0 Å². The quantitative estimate of drug-likeness (QED) is 0.815. The third-order valence-corrected chi connectivity index (χ3v) is 3.40. The minimum absolute atomic E-state index is 0.116. The summed E-state index contributed by atoms with van der Waals surface area (Å²) in [6.07, 6.45) is 0.233. The molecule has 3 nitrogen and oxygen atoms in total. The van der Waals surface area contributed by atoms with Gasteiger partial charge in [0.2, 0.25) is 0 Å². The molecule has 1 aliphatic rings. The molecule has 1 aliphatic carbocycles. The largest absolute Gasteiger partial charge is 0.386 e. The summed E-state index contributed by atoms with van der Waals surface area (Å²) in [7, 11) is 1.65. The molecule has 94 valence electrons. The van der Waals surface area contributed by atoms with Crippen LogP contribution in [0.1, 0.15) is 36.5 Å². The number of aliphatic hydroxyl groups excluding tert-OH is 1. The lowest BCUT2D eigenvalue weighted by molar-refractivity contribution is -0.0646. The Kier molecular flexibility index (Phi) is 4.15. The topological polar surface area (TPSA) is 38.7 Å². The number of hydrogen-bond donors (Lipinski definition) is 1. The van der Waals surface area contributed by atoms with Gasteiger partial charge in [-0.1, -0.05) is 31.2 Å². The zero-order chi connectivity index (χ0) is 12.3. The van der Waals surface area contributed by atoms with Crippen molar-refractivity contribution in [2.45, 2.75) is 31.5 Å². The summed E-state index contributed by atoms with van der Waals surface area (Å²) >= 11 is 0. The highest BCUT2D eigenvalue weighted by Crippen LogP contribution is 2.38. The second-order valence-electron chi connectivity index (χ2n) is 4.61. The molecule has 0 saturated heterocycles. The molecule has 17 heavy (non-hydrogen) atoms. The summed E-state index contributed by atoms with van der Waals surface area (Å²) < 4.78 is 10.6. The van der Waals surface area contributed by atoms with Gasteiger partial charge < -0.3 is 14.6 Å². The van der Waals surface area contributed by atoms with Gasteiger partial charge in [-0.2, -0.15) is 0 Å². The van der Waals surface area contributed by atoms with E-state index in [2.05, 4.69) is 13.0 Å². The predicted molar refractivity (Wildman–Crippen MR) is 66.0 cm³/mol. The van der Waals surface area contributed by atoms with Crippen LogP contribution in [-0.4, -0.2) is 31.5 Å². The molecule has 3 heteroatoms. The summed E-state index contributed by atoms with van der Waals surface area (Å²) in [6.45, 7) is 3.28. The van der Waals surface area contributed by atoms with Crippen LogP contribution < -0.4 is 0 Å². The highest BCUT2D eigenvalue weighted by Gasteiger charge is 2.32. The van der Waals surface area contributed by atoms with Gasteiger partial charge in [0.15, 0.2) is 0 Å². The first-order valence-electron chi connectivity index (χ1n) is 6.11. The van der Waals surface area contributed by atoms with Gasteiger partial charge in [-0.3, -0.25) is 0 Å². The van der Waals surface area contributed by atoms with E-state index < -0.39 is 6.10 Å². The second kappa shape index (κ2) is 5.63. The van der Waals surface area contributed by atoms with Crippen molar-refractivity contribution in [1.82, 2.24) is 0 Å². The van der Waals surface area contributed by atoms with Gasteiger partial charge in [0, 0.05) is 7.11 Å². The van der Waals surface area contributed by atoms with Gasteiger partial charge in [-0.25, -0.2) is 0 Å². The molecule has 3 atom stereocenters. The smallest absolute Gasteiger partial charge is 0.105 e. The van der Waals surface area contributed by atoms with Crippen molar-refractivity contribution in [3.8, 4) is 0 Å². The van der Waals surface area contributed by atoms with Crippen LogP contribution in [0.2, 0.25) is 0 Å². The Morgan fingerprint density at radius 1 is 1.24 bits per heavy atom. The second-order valence-corrected chi connectivity index (χ2v) is 4.61. The number of fused-ring (bicyclic) bond motifs is 1. The number of aliphatic hydroxyl groups is 1. The van der Waals surface area contributed by atoms with Crippen molar-refractivity contribution in [2.75, 3.05) is 20.3 Å². The average Bonchev–Trinajstić information content (AvgIpc) is 2.36. The molecule has 1 N–H and O–H groups in total. The molecule has 2 rings (SSSR count). The highest BCUT2D eigenvalue weighted by molar-refractivity contribution is 5.35. The zero-order valence-electron chi connectivity index (χ0n) is 10.4. The molecule has 1 aromatic carbocycles. The van der Waals surface area contributed by atoms with Crippen molar-refractivity contribution in [3.05, 3.63) is 35.4 Å². The minimum atomic E-state index is -0.515. The normalized spacial score (nSPS) is 27.8. The minimum Gasteiger partial charge on any atom is -0.386 e. The van der Waals surface area contributed by atoms with Gasteiger partial charge in [-0.15, -0.1) is 0 Å². The van der Waals surface area contributed by atoms with Crippen LogP contribution in [0.25, 0.3) is 0 Å². The molecule has 3 unspecified atom stereocenters. The monoisotopic (exact) mass is 236 g/mol. The van der Waals surface area contributed by atoms with E-state index in [9.17, 15) is 5.11 Å². The van der Waals surface area contributed by atoms with Crippen molar-refractivity contribution in [1.29, 1.82) is 0 Å². The fraction of sp³-hybridized carbons (Fsp3) is 0.571. The van der Waals surface area contributed by atoms with Crippen molar-refractivity contribution < 1.29 is 14.6 Å². The van der Waals surface area contributed by atoms with E-state index in [0.717, 1.165) is 12.0 Å². The maximum atomic E-state index is 10.3. The Morgan fingerprint density at radius 3 is 2.65 bits per heavy atom. The molecule has 0 fully saturated rings. The summed E-state index contributed by atoms with van der Waals surface area (Å²) in [5, 5.41) is 10.3. The standard InChI is InChI=1S/C14H20O3/c1-10-9-13(17-8-7-16-2)14(15)12-6-4-3-5-11(10)12/h3-6,10,13-15H,7-9H2,1-2H3. The zero-order valence-corrected chi connectivity index (χ0v) is 10.4. The maximum absolute atomic E-state index is 10.3. The molecule has 0 aromatic heterocycles. The van der Waals surface area contributed by atoms with E-state index in [1.807, 2.05) is 18.2 Å². The van der Waals surface area contributed by atoms with Crippen molar-refractivity contribution in [3.63, 3.8) is 0 Å². The molecular weight excluding hydrogens is 216 g/mol. The van der Waals surface area contributed by atoms with Gasteiger partial charge in [-0.05, 0) is 23.5 Å². The van der Waals surface area contributed by atoms with E-state index in [1.54, 1.807) is 7.11 Å². The first kappa shape index (κ1) is 12.6. The third-order valence-electron chi connectivity index (χ3n) is 3.40. The van der Waals surface area contributed by atoms with Gasteiger partial charge >= 0.3 is 0 Å². The summed E-state index contributed by atoms with van der Waals surface area (Å²) in [5.41, 5.74) is 2.25. The van der Waals surface area contributed by atoms with Crippen LogP contribution >= 0.6 is 0 Å².